The zero-order valence-electron chi connectivity index (χ0n) is 36.3. The zero-order valence-corrected chi connectivity index (χ0v) is 36.3. The van der Waals surface area contributed by atoms with Crippen molar-refractivity contribution in [2.75, 3.05) is 0 Å². The summed E-state index contributed by atoms with van der Waals surface area (Å²) < 4.78 is 0. The number of benzene rings is 10. The van der Waals surface area contributed by atoms with Gasteiger partial charge < -0.3 is 0 Å². The van der Waals surface area contributed by atoms with Crippen molar-refractivity contribution in [1.82, 2.24) is 9.97 Å². The molecule has 0 fully saturated rings. The van der Waals surface area contributed by atoms with Gasteiger partial charge in [0, 0.05) is 22.1 Å². The molecule has 0 spiro atoms. The summed E-state index contributed by atoms with van der Waals surface area (Å²) >= 11 is 0. The highest BCUT2D eigenvalue weighted by Crippen LogP contribution is 2.52. The molecule has 0 saturated carbocycles. The van der Waals surface area contributed by atoms with E-state index in [1.807, 2.05) is 6.07 Å². The molecule has 0 saturated heterocycles. The first-order valence-electron chi connectivity index (χ1n) is 22.5. The monoisotopic (exact) mass is 828 g/mol. The van der Waals surface area contributed by atoms with Crippen molar-refractivity contribution in [3.05, 3.63) is 242 Å². The second-order valence-corrected chi connectivity index (χ2v) is 17.7. The fourth-order valence-electron chi connectivity index (χ4n) is 10.2. The molecule has 2 nitrogen and oxygen atoms in total. The van der Waals surface area contributed by atoms with E-state index < -0.39 is 0 Å². The number of fused-ring (bicyclic) bond motifs is 5. The van der Waals surface area contributed by atoms with E-state index in [0.717, 1.165) is 39.0 Å². The summed E-state index contributed by atoms with van der Waals surface area (Å²) in [6, 6.07) is 83.5. The molecule has 0 bridgehead atoms. The summed E-state index contributed by atoms with van der Waals surface area (Å²) in [4.78, 5) is 10.5. The third-order valence-electron chi connectivity index (χ3n) is 13.5. The summed E-state index contributed by atoms with van der Waals surface area (Å²) in [6.07, 6.45) is 0. The molecule has 0 aliphatic heterocycles. The van der Waals surface area contributed by atoms with Crippen molar-refractivity contribution < 1.29 is 0 Å². The lowest BCUT2D eigenvalue weighted by molar-refractivity contribution is 0.660. The lowest BCUT2D eigenvalue weighted by Crippen LogP contribution is -2.14. The van der Waals surface area contributed by atoms with Crippen molar-refractivity contribution in [2.24, 2.45) is 0 Å². The minimum absolute atomic E-state index is 0.0985. The molecule has 1 aliphatic rings. The molecule has 0 atom stereocenters. The maximum atomic E-state index is 5.32. The smallest absolute Gasteiger partial charge is 0.160 e. The van der Waals surface area contributed by atoms with Crippen LogP contribution in [0.3, 0.4) is 0 Å². The second-order valence-electron chi connectivity index (χ2n) is 17.7. The van der Waals surface area contributed by atoms with Crippen LogP contribution < -0.4 is 0 Å². The molecule has 306 valence electrons. The third-order valence-corrected chi connectivity index (χ3v) is 13.5. The Labute approximate surface area is 380 Å². The Morgan fingerprint density at radius 1 is 0.292 bits per heavy atom. The lowest BCUT2D eigenvalue weighted by Gasteiger charge is -2.22. The molecule has 1 heterocycles. The van der Waals surface area contributed by atoms with E-state index in [2.05, 4.69) is 238 Å². The Bertz CT molecular complexity index is 3620. The van der Waals surface area contributed by atoms with E-state index >= 15 is 0 Å². The minimum Gasteiger partial charge on any atom is -0.228 e. The number of hydrogen-bond acceptors (Lipinski definition) is 2. The minimum atomic E-state index is -0.0985. The first-order valence-corrected chi connectivity index (χ1v) is 22.5. The fourth-order valence-corrected chi connectivity index (χ4v) is 10.2. The highest BCUT2D eigenvalue weighted by molar-refractivity contribution is 6.06. The van der Waals surface area contributed by atoms with Crippen molar-refractivity contribution in [1.29, 1.82) is 0 Å². The van der Waals surface area contributed by atoms with Gasteiger partial charge in [0.1, 0.15) is 0 Å². The molecule has 1 aromatic heterocycles. The topological polar surface area (TPSA) is 25.8 Å². The van der Waals surface area contributed by atoms with Gasteiger partial charge in [-0.2, -0.15) is 0 Å². The van der Waals surface area contributed by atoms with Crippen molar-refractivity contribution in [3.8, 4) is 89.5 Å². The van der Waals surface area contributed by atoms with E-state index in [4.69, 9.17) is 9.97 Å². The standard InChI is InChI=1S/C63H44N2/c1-63(2)57-29-14-13-27-56(57)61-52(28-16-30-58(61)63)50-38-48(46-32-31-42-19-9-10-22-44(42)35-46)37-49(39-50)51-33-34-55(54-26-12-11-25-53(51)54)60-40-59(64-62(65-60)43-20-7-4-8-21-43)47-24-15-23-45(36-47)41-17-5-3-6-18-41/h3-40H,1-2H3. The van der Waals surface area contributed by atoms with Crippen LogP contribution in [0, 0.1) is 0 Å². The Balaban J connectivity index is 1.05. The van der Waals surface area contributed by atoms with Crippen LogP contribution in [-0.2, 0) is 5.41 Å². The van der Waals surface area contributed by atoms with Crippen molar-refractivity contribution in [3.63, 3.8) is 0 Å². The predicted molar refractivity (Wildman–Crippen MR) is 273 cm³/mol. The van der Waals surface area contributed by atoms with E-state index in [1.54, 1.807) is 0 Å². The fraction of sp³-hybridized carbons (Fsp3) is 0.0476. The SMILES string of the molecule is CC1(C)c2ccccc2-c2c(-c3cc(-c4ccc5ccccc5c4)cc(-c4ccc(-c5cc(-c6cccc(-c7ccccc7)c6)nc(-c6ccccc6)n5)c5ccccc45)c3)cccc21. The number of rotatable bonds is 7. The van der Waals surface area contributed by atoms with Gasteiger partial charge >= 0.3 is 0 Å². The lowest BCUT2D eigenvalue weighted by atomic mass is 9.81. The molecule has 12 rings (SSSR count). The molecule has 0 N–H and O–H groups in total. The van der Waals surface area contributed by atoms with Gasteiger partial charge in [0.15, 0.2) is 5.82 Å². The van der Waals surface area contributed by atoms with Crippen molar-refractivity contribution in [2.45, 2.75) is 19.3 Å². The Hall–Kier alpha value is -8.20. The predicted octanol–water partition coefficient (Wildman–Crippen LogP) is 16.8. The van der Waals surface area contributed by atoms with Crippen molar-refractivity contribution >= 4 is 21.5 Å². The molecule has 1 aliphatic carbocycles. The maximum absolute atomic E-state index is 5.32. The largest absolute Gasteiger partial charge is 0.228 e. The van der Waals surface area contributed by atoms with Crippen LogP contribution in [0.4, 0.5) is 0 Å². The molecule has 65 heavy (non-hydrogen) atoms. The van der Waals surface area contributed by atoms with Gasteiger partial charge in [0.05, 0.1) is 11.4 Å². The van der Waals surface area contributed by atoms with Gasteiger partial charge in [-0.3, -0.25) is 0 Å². The third kappa shape index (κ3) is 6.74. The zero-order chi connectivity index (χ0) is 43.5. The Morgan fingerprint density at radius 3 is 1.65 bits per heavy atom. The van der Waals surface area contributed by atoms with E-state index in [0.29, 0.717) is 5.82 Å². The molecule has 0 amide bonds. The van der Waals surface area contributed by atoms with Crippen LogP contribution in [-0.4, -0.2) is 9.97 Å². The Kier molecular flexibility index (Phi) is 9.21. The molecule has 0 unspecified atom stereocenters. The Morgan fingerprint density at radius 2 is 0.831 bits per heavy atom. The van der Waals surface area contributed by atoms with Crippen LogP contribution in [0.25, 0.3) is 111 Å². The van der Waals surface area contributed by atoms with Gasteiger partial charge in [0.2, 0.25) is 0 Å². The summed E-state index contributed by atoms with van der Waals surface area (Å²) in [5.41, 5.74) is 19.7. The molecular weight excluding hydrogens is 785 g/mol. The van der Waals surface area contributed by atoms with E-state index in [9.17, 15) is 0 Å². The normalized spacial score (nSPS) is 12.6. The van der Waals surface area contributed by atoms with Crippen LogP contribution >= 0.6 is 0 Å². The van der Waals surface area contributed by atoms with Crippen LogP contribution in [0.2, 0.25) is 0 Å². The van der Waals surface area contributed by atoms with Gasteiger partial charge in [-0.1, -0.05) is 208 Å². The van der Waals surface area contributed by atoms with Crippen LogP contribution in [0.1, 0.15) is 25.0 Å². The highest BCUT2D eigenvalue weighted by atomic mass is 14.9. The van der Waals surface area contributed by atoms with Gasteiger partial charge in [-0.05, 0) is 125 Å². The quantitative estimate of drug-likeness (QED) is 0.160. The average molecular weight is 829 g/mol. The van der Waals surface area contributed by atoms with Gasteiger partial charge in [-0.25, -0.2) is 9.97 Å². The molecule has 10 aromatic carbocycles. The number of hydrogen-bond donors (Lipinski definition) is 0. The average Bonchev–Trinajstić information content (AvgIpc) is 3.61. The van der Waals surface area contributed by atoms with Gasteiger partial charge in [0.25, 0.3) is 0 Å². The summed E-state index contributed by atoms with van der Waals surface area (Å²) in [5.74, 6) is 0.698. The summed E-state index contributed by atoms with van der Waals surface area (Å²) in [6.45, 7) is 4.72. The number of aromatic nitrogens is 2. The summed E-state index contributed by atoms with van der Waals surface area (Å²) in [7, 11) is 0. The summed E-state index contributed by atoms with van der Waals surface area (Å²) in [5, 5.41) is 4.78. The van der Waals surface area contributed by atoms with Crippen LogP contribution in [0.15, 0.2) is 231 Å². The van der Waals surface area contributed by atoms with Gasteiger partial charge in [-0.15, -0.1) is 0 Å². The van der Waals surface area contributed by atoms with E-state index in [-0.39, 0.29) is 5.41 Å². The molecular formula is C63H44N2. The first-order chi connectivity index (χ1) is 32.0. The molecule has 2 heteroatoms. The second kappa shape index (κ2) is 15.6. The van der Waals surface area contributed by atoms with Crippen LogP contribution in [0.5, 0.6) is 0 Å². The first kappa shape index (κ1) is 38.5. The highest BCUT2D eigenvalue weighted by Gasteiger charge is 2.36. The maximum Gasteiger partial charge on any atom is 0.160 e. The molecule has 0 radical (unpaired) electrons. The van der Waals surface area contributed by atoms with E-state index in [1.165, 1.54) is 77.4 Å². The molecule has 11 aromatic rings. The number of nitrogens with zero attached hydrogens (tertiary/aromatic N) is 2.